The molecule has 1 aromatic heterocycles. The Morgan fingerprint density at radius 3 is 2.42 bits per heavy atom. The second kappa shape index (κ2) is 5.81. The summed E-state index contributed by atoms with van der Waals surface area (Å²) in [6.45, 7) is 2.81. The molecular formula is C14H18ClIN2O. The summed E-state index contributed by atoms with van der Waals surface area (Å²) < 4.78 is 0.810. The number of rotatable bonds is 2. The van der Waals surface area contributed by atoms with Gasteiger partial charge in [0.15, 0.2) is 0 Å². The minimum absolute atomic E-state index is 0. The summed E-state index contributed by atoms with van der Waals surface area (Å²) in [5.74, 6) is 0. The van der Waals surface area contributed by atoms with Crippen molar-refractivity contribution >= 4 is 22.4 Å². The molecule has 0 saturated carbocycles. The third kappa shape index (κ3) is 3.70. The largest absolute Gasteiger partial charge is 1.00 e. The molecule has 1 heterocycles. The zero-order valence-electron chi connectivity index (χ0n) is 11.6. The monoisotopic (exact) mass is 392 g/mol. The predicted molar refractivity (Wildman–Crippen MR) is 76.1 cm³/mol. The Balaban J connectivity index is 0.00000180. The summed E-state index contributed by atoms with van der Waals surface area (Å²) in [7, 11) is 6.39. The molecule has 19 heavy (non-hydrogen) atoms. The van der Waals surface area contributed by atoms with E-state index >= 15 is 0 Å². The SMILES string of the molecule is Cc1[nH]c(=O)c2cc(Cl)ccc2c1C[N+](C)(C)C.[I-]. The van der Waals surface area contributed by atoms with Crippen LogP contribution in [-0.4, -0.2) is 30.6 Å². The summed E-state index contributed by atoms with van der Waals surface area (Å²) >= 11 is 5.96. The zero-order valence-corrected chi connectivity index (χ0v) is 14.5. The molecular weight excluding hydrogens is 375 g/mol. The van der Waals surface area contributed by atoms with E-state index in [1.54, 1.807) is 6.07 Å². The van der Waals surface area contributed by atoms with Crippen LogP contribution in [0.15, 0.2) is 23.0 Å². The van der Waals surface area contributed by atoms with Gasteiger partial charge in [0.1, 0.15) is 6.54 Å². The highest BCUT2D eigenvalue weighted by Crippen LogP contribution is 2.23. The number of benzene rings is 1. The Bertz CT molecular complexity index is 659. The van der Waals surface area contributed by atoms with Gasteiger partial charge in [-0.3, -0.25) is 4.79 Å². The van der Waals surface area contributed by atoms with E-state index in [4.69, 9.17) is 11.6 Å². The highest BCUT2D eigenvalue weighted by atomic mass is 127. The number of aromatic amines is 1. The van der Waals surface area contributed by atoms with Gasteiger partial charge in [-0.2, -0.15) is 0 Å². The Kier molecular flexibility index (Phi) is 5.03. The van der Waals surface area contributed by atoms with Gasteiger partial charge in [0.05, 0.1) is 21.1 Å². The molecule has 3 nitrogen and oxygen atoms in total. The number of quaternary nitrogens is 1. The molecule has 2 rings (SSSR count). The van der Waals surface area contributed by atoms with Crippen LogP contribution in [0, 0.1) is 6.92 Å². The fourth-order valence-electron chi connectivity index (χ4n) is 2.16. The summed E-state index contributed by atoms with van der Waals surface area (Å²) in [5, 5.41) is 2.25. The average molecular weight is 393 g/mol. The van der Waals surface area contributed by atoms with E-state index in [2.05, 4.69) is 26.1 Å². The van der Waals surface area contributed by atoms with E-state index in [9.17, 15) is 4.79 Å². The number of nitrogens with one attached hydrogen (secondary N) is 1. The van der Waals surface area contributed by atoms with Gasteiger partial charge in [-0.15, -0.1) is 0 Å². The van der Waals surface area contributed by atoms with Crippen molar-refractivity contribution < 1.29 is 28.5 Å². The van der Waals surface area contributed by atoms with Gasteiger partial charge >= 0.3 is 0 Å². The lowest BCUT2D eigenvalue weighted by Crippen LogP contribution is -3.00. The third-order valence-corrected chi connectivity index (χ3v) is 3.17. The molecule has 0 aliphatic carbocycles. The van der Waals surface area contributed by atoms with Crippen molar-refractivity contribution in [2.75, 3.05) is 21.1 Å². The van der Waals surface area contributed by atoms with Crippen molar-refractivity contribution in [1.82, 2.24) is 4.98 Å². The smallest absolute Gasteiger partial charge is 0.256 e. The first-order valence-corrected chi connectivity index (χ1v) is 6.27. The van der Waals surface area contributed by atoms with E-state index < -0.39 is 0 Å². The predicted octanol–water partition coefficient (Wildman–Crippen LogP) is -0.300. The second-order valence-electron chi connectivity index (χ2n) is 5.70. The number of halogens is 2. The fraction of sp³-hybridized carbons (Fsp3) is 0.357. The Morgan fingerprint density at radius 2 is 1.84 bits per heavy atom. The van der Waals surface area contributed by atoms with E-state index in [1.807, 2.05) is 19.1 Å². The van der Waals surface area contributed by atoms with E-state index in [-0.39, 0.29) is 29.5 Å². The number of aryl methyl sites for hydroxylation is 1. The summed E-state index contributed by atoms with van der Waals surface area (Å²) in [6, 6.07) is 5.50. The molecule has 104 valence electrons. The van der Waals surface area contributed by atoms with Crippen LogP contribution in [-0.2, 0) is 6.54 Å². The Morgan fingerprint density at radius 1 is 1.21 bits per heavy atom. The molecule has 0 fully saturated rings. The molecule has 0 saturated heterocycles. The van der Waals surface area contributed by atoms with Crippen LogP contribution in [0.5, 0.6) is 0 Å². The number of H-pyrrole nitrogens is 1. The lowest BCUT2D eigenvalue weighted by atomic mass is 10.0. The zero-order chi connectivity index (χ0) is 13.5. The normalized spacial score (nSPS) is 11.4. The van der Waals surface area contributed by atoms with Gasteiger partial charge < -0.3 is 33.4 Å². The molecule has 2 aromatic rings. The molecule has 0 radical (unpaired) electrons. The molecule has 1 aromatic carbocycles. The van der Waals surface area contributed by atoms with Gasteiger partial charge in [0.25, 0.3) is 5.56 Å². The third-order valence-electron chi connectivity index (χ3n) is 2.94. The molecule has 0 amide bonds. The van der Waals surface area contributed by atoms with E-state index in [0.29, 0.717) is 10.4 Å². The van der Waals surface area contributed by atoms with Gasteiger partial charge in [-0.1, -0.05) is 17.7 Å². The molecule has 1 N–H and O–H groups in total. The first-order valence-electron chi connectivity index (χ1n) is 5.89. The summed E-state index contributed by atoms with van der Waals surface area (Å²) in [5.41, 5.74) is 2.03. The maximum Gasteiger partial charge on any atom is 0.256 e. The molecule has 0 spiro atoms. The molecule has 0 unspecified atom stereocenters. The maximum absolute atomic E-state index is 12.0. The van der Waals surface area contributed by atoms with Crippen molar-refractivity contribution in [3.05, 3.63) is 44.8 Å². The fourth-order valence-corrected chi connectivity index (χ4v) is 2.33. The van der Waals surface area contributed by atoms with Crippen molar-refractivity contribution in [2.45, 2.75) is 13.5 Å². The van der Waals surface area contributed by atoms with Crippen molar-refractivity contribution in [2.24, 2.45) is 0 Å². The molecule has 0 atom stereocenters. The maximum atomic E-state index is 12.0. The Hall–Kier alpha value is -0.590. The van der Waals surface area contributed by atoms with Crippen molar-refractivity contribution in [3.63, 3.8) is 0 Å². The van der Waals surface area contributed by atoms with Crippen LogP contribution >= 0.6 is 11.6 Å². The lowest BCUT2D eigenvalue weighted by molar-refractivity contribution is -0.883. The van der Waals surface area contributed by atoms with Crippen LogP contribution in [0.1, 0.15) is 11.3 Å². The molecule has 0 bridgehead atoms. The molecule has 0 aliphatic rings. The minimum Gasteiger partial charge on any atom is -1.00 e. The van der Waals surface area contributed by atoms with Crippen molar-refractivity contribution in [3.8, 4) is 0 Å². The van der Waals surface area contributed by atoms with Crippen LogP contribution in [0.25, 0.3) is 10.8 Å². The summed E-state index contributed by atoms with van der Waals surface area (Å²) in [6.07, 6.45) is 0. The van der Waals surface area contributed by atoms with Gasteiger partial charge in [-0.05, 0) is 24.4 Å². The van der Waals surface area contributed by atoms with Gasteiger partial charge in [0.2, 0.25) is 0 Å². The summed E-state index contributed by atoms with van der Waals surface area (Å²) in [4.78, 5) is 14.9. The van der Waals surface area contributed by atoms with E-state index in [1.165, 1.54) is 5.56 Å². The number of pyridine rings is 1. The highest BCUT2D eigenvalue weighted by Gasteiger charge is 2.16. The number of nitrogens with zero attached hydrogens (tertiary/aromatic N) is 1. The Labute approximate surface area is 135 Å². The van der Waals surface area contributed by atoms with Crippen LogP contribution in [0.3, 0.4) is 0 Å². The minimum atomic E-state index is -0.0739. The quantitative estimate of drug-likeness (QED) is 0.552. The number of aromatic nitrogens is 1. The van der Waals surface area contributed by atoms with E-state index in [0.717, 1.165) is 22.1 Å². The number of hydrogen-bond donors (Lipinski definition) is 1. The molecule has 0 aliphatic heterocycles. The highest BCUT2D eigenvalue weighted by molar-refractivity contribution is 6.31. The standard InChI is InChI=1S/C14H17ClN2O.HI/c1-9-13(8-17(2,3)4)11-6-5-10(15)7-12(11)14(18)16-9;/h5-7H,8H2,1-4H3;1H. The van der Waals surface area contributed by atoms with Gasteiger partial charge in [-0.25, -0.2) is 0 Å². The second-order valence-corrected chi connectivity index (χ2v) is 6.13. The van der Waals surface area contributed by atoms with Crippen molar-refractivity contribution in [1.29, 1.82) is 0 Å². The topological polar surface area (TPSA) is 32.9 Å². The number of fused-ring (bicyclic) bond motifs is 1. The molecule has 5 heteroatoms. The first kappa shape index (κ1) is 16.5. The lowest BCUT2D eigenvalue weighted by Gasteiger charge is -2.25. The number of hydrogen-bond acceptors (Lipinski definition) is 1. The first-order chi connectivity index (χ1) is 8.28. The van der Waals surface area contributed by atoms with Gasteiger partial charge in [0, 0.05) is 21.7 Å². The van der Waals surface area contributed by atoms with Crippen LogP contribution < -0.4 is 29.5 Å². The van der Waals surface area contributed by atoms with Crippen LogP contribution in [0.2, 0.25) is 5.02 Å². The average Bonchev–Trinajstić information content (AvgIpc) is 2.23. The van der Waals surface area contributed by atoms with Crippen LogP contribution in [0.4, 0.5) is 0 Å².